The van der Waals surface area contributed by atoms with Crippen LogP contribution in [0.15, 0.2) is 11.8 Å². The van der Waals surface area contributed by atoms with Crippen molar-refractivity contribution in [2.75, 3.05) is 39.9 Å². The first-order valence-electron chi connectivity index (χ1n) is 6.73. The number of aliphatic hydroxyl groups excluding tert-OH is 1. The molecule has 0 atom stereocenters. The van der Waals surface area contributed by atoms with E-state index < -0.39 is 28.8 Å². The lowest BCUT2D eigenvalue weighted by Gasteiger charge is -2.34. The Morgan fingerprint density at radius 3 is 2.39 bits per heavy atom. The predicted molar refractivity (Wildman–Crippen MR) is 76.7 cm³/mol. The van der Waals surface area contributed by atoms with E-state index in [0.717, 1.165) is 10.4 Å². The molecule has 0 bridgehead atoms. The minimum absolute atomic E-state index is 0.00572. The van der Waals surface area contributed by atoms with Crippen LogP contribution < -0.4 is 0 Å². The van der Waals surface area contributed by atoms with Crippen molar-refractivity contribution in [2.24, 2.45) is 0 Å². The number of allylic oxidation sites excluding steroid dienone is 1. The number of carbonyl (C=O) groups is 2. The van der Waals surface area contributed by atoms with Crippen LogP contribution in [0, 0.1) is 0 Å². The summed E-state index contributed by atoms with van der Waals surface area (Å²) in [4.78, 5) is 22.4. The van der Waals surface area contributed by atoms with Gasteiger partial charge in [0.2, 0.25) is 0 Å². The number of hydrogen-bond acceptors (Lipinski definition) is 8. The molecular weight excluding hydrogens is 332 g/mol. The third kappa shape index (κ3) is 5.46. The van der Waals surface area contributed by atoms with Gasteiger partial charge in [0.15, 0.2) is 0 Å². The molecule has 0 unspecified atom stereocenters. The van der Waals surface area contributed by atoms with E-state index in [1.807, 2.05) is 0 Å². The van der Waals surface area contributed by atoms with Crippen molar-refractivity contribution in [1.82, 2.24) is 8.61 Å². The molecular formula is C12H20N2O8S. The molecule has 0 aliphatic carbocycles. The summed E-state index contributed by atoms with van der Waals surface area (Å²) in [5.41, 5.74) is 0.195. The maximum atomic E-state index is 12.4. The average Bonchev–Trinajstić information content (AvgIpc) is 2.44. The van der Waals surface area contributed by atoms with E-state index in [2.05, 4.69) is 4.74 Å². The molecule has 0 aromatic rings. The number of amides is 1. The van der Waals surface area contributed by atoms with Crippen LogP contribution in [0.2, 0.25) is 0 Å². The van der Waals surface area contributed by atoms with Gasteiger partial charge in [-0.25, -0.2) is 4.31 Å². The van der Waals surface area contributed by atoms with Crippen molar-refractivity contribution in [3.8, 4) is 0 Å². The van der Waals surface area contributed by atoms with Crippen molar-refractivity contribution in [2.45, 2.75) is 13.8 Å². The smallest absolute Gasteiger partial charge is 0.332 e. The molecule has 1 rings (SSSR count). The SMILES string of the molecule is CC(=O)OCCOCN1C(C)=CC(=O)N(COCCO)S1(=O)=O. The maximum Gasteiger partial charge on any atom is 0.332 e. The van der Waals surface area contributed by atoms with E-state index in [9.17, 15) is 18.0 Å². The molecule has 1 heterocycles. The second-order valence-corrected chi connectivity index (χ2v) is 6.24. The number of ether oxygens (including phenoxy) is 3. The van der Waals surface area contributed by atoms with Gasteiger partial charge in [-0.3, -0.25) is 9.59 Å². The second kappa shape index (κ2) is 8.82. The van der Waals surface area contributed by atoms with E-state index in [0.29, 0.717) is 4.31 Å². The lowest BCUT2D eigenvalue weighted by atomic mass is 10.4. The highest BCUT2D eigenvalue weighted by molar-refractivity contribution is 7.87. The number of nitrogens with zero attached hydrogens (tertiary/aromatic N) is 2. The Labute approximate surface area is 134 Å². The first kappa shape index (κ1) is 19.4. The van der Waals surface area contributed by atoms with Gasteiger partial charge in [-0.05, 0) is 6.92 Å². The van der Waals surface area contributed by atoms with Crippen LogP contribution in [0.25, 0.3) is 0 Å². The summed E-state index contributed by atoms with van der Waals surface area (Å²) in [6, 6.07) is 0. The van der Waals surface area contributed by atoms with Crippen LogP contribution in [0.3, 0.4) is 0 Å². The van der Waals surface area contributed by atoms with Crippen molar-refractivity contribution in [1.29, 1.82) is 0 Å². The average molecular weight is 352 g/mol. The van der Waals surface area contributed by atoms with Crippen LogP contribution in [0.1, 0.15) is 13.8 Å². The minimum atomic E-state index is -4.14. The van der Waals surface area contributed by atoms with Gasteiger partial charge in [0.1, 0.15) is 20.1 Å². The zero-order chi connectivity index (χ0) is 17.5. The predicted octanol–water partition coefficient (Wildman–Crippen LogP) is -1.22. The summed E-state index contributed by atoms with van der Waals surface area (Å²) in [5.74, 6) is -1.20. The fourth-order valence-electron chi connectivity index (χ4n) is 1.64. The molecule has 10 nitrogen and oxygen atoms in total. The molecule has 0 aromatic heterocycles. The Balaban J connectivity index is 2.68. The van der Waals surface area contributed by atoms with Crippen molar-refractivity contribution in [3.05, 3.63) is 11.8 Å². The van der Waals surface area contributed by atoms with Crippen molar-refractivity contribution >= 4 is 22.1 Å². The van der Waals surface area contributed by atoms with Gasteiger partial charge in [-0.2, -0.15) is 12.7 Å². The van der Waals surface area contributed by atoms with Gasteiger partial charge in [-0.1, -0.05) is 0 Å². The number of esters is 1. The molecule has 1 amide bonds. The van der Waals surface area contributed by atoms with Crippen LogP contribution in [-0.4, -0.2) is 73.9 Å². The monoisotopic (exact) mass is 352 g/mol. The van der Waals surface area contributed by atoms with Gasteiger partial charge in [-0.15, -0.1) is 0 Å². The Morgan fingerprint density at radius 2 is 1.78 bits per heavy atom. The normalized spacial score (nSPS) is 17.2. The number of aliphatic hydroxyl groups is 1. The molecule has 0 saturated heterocycles. The molecule has 1 aliphatic heterocycles. The van der Waals surface area contributed by atoms with Crippen molar-refractivity contribution in [3.63, 3.8) is 0 Å². The molecule has 0 radical (unpaired) electrons. The maximum absolute atomic E-state index is 12.4. The van der Waals surface area contributed by atoms with Crippen LogP contribution in [0.5, 0.6) is 0 Å². The molecule has 0 fully saturated rings. The number of rotatable bonds is 9. The lowest BCUT2D eigenvalue weighted by Crippen LogP contribution is -2.50. The zero-order valence-corrected chi connectivity index (χ0v) is 13.7. The van der Waals surface area contributed by atoms with Gasteiger partial charge >= 0.3 is 16.2 Å². The van der Waals surface area contributed by atoms with Gasteiger partial charge in [0.05, 0.1) is 19.8 Å². The summed E-state index contributed by atoms with van der Waals surface area (Å²) >= 11 is 0. The topological polar surface area (TPSA) is 123 Å². The third-order valence-electron chi connectivity index (χ3n) is 2.71. The first-order chi connectivity index (χ1) is 10.8. The molecule has 23 heavy (non-hydrogen) atoms. The number of hydrogen-bond donors (Lipinski definition) is 1. The highest BCUT2D eigenvalue weighted by Crippen LogP contribution is 2.21. The fraction of sp³-hybridized carbons (Fsp3) is 0.667. The summed E-state index contributed by atoms with van der Waals surface area (Å²) in [6.45, 7) is 1.47. The quantitative estimate of drug-likeness (QED) is 0.405. The van der Waals surface area contributed by atoms with E-state index in [-0.39, 0.29) is 38.9 Å². The molecule has 132 valence electrons. The lowest BCUT2D eigenvalue weighted by molar-refractivity contribution is -0.142. The van der Waals surface area contributed by atoms with E-state index in [1.54, 1.807) is 0 Å². The van der Waals surface area contributed by atoms with Crippen LogP contribution in [-0.2, 0) is 34.0 Å². The molecule has 11 heteroatoms. The van der Waals surface area contributed by atoms with Gasteiger partial charge < -0.3 is 19.3 Å². The highest BCUT2D eigenvalue weighted by Gasteiger charge is 2.37. The van der Waals surface area contributed by atoms with E-state index in [1.165, 1.54) is 13.8 Å². The minimum Gasteiger partial charge on any atom is -0.463 e. The second-order valence-electron chi connectivity index (χ2n) is 4.47. The molecule has 0 saturated carbocycles. The van der Waals surface area contributed by atoms with Gasteiger partial charge in [0, 0.05) is 18.7 Å². The Hall–Kier alpha value is -1.69. The molecule has 0 spiro atoms. The molecule has 1 aliphatic rings. The Kier molecular flexibility index (Phi) is 7.42. The zero-order valence-electron chi connectivity index (χ0n) is 12.9. The van der Waals surface area contributed by atoms with Crippen LogP contribution >= 0.6 is 0 Å². The van der Waals surface area contributed by atoms with E-state index >= 15 is 0 Å². The fourth-order valence-corrected chi connectivity index (χ4v) is 2.99. The molecule has 1 N–H and O–H groups in total. The largest absolute Gasteiger partial charge is 0.463 e. The summed E-state index contributed by atoms with van der Waals surface area (Å²) in [5, 5.41) is 8.64. The Morgan fingerprint density at radius 1 is 1.17 bits per heavy atom. The summed E-state index contributed by atoms with van der Waals surface area (Å²) < 4.78 is 40.9. The third-order valence-corrected chi connectivity index (χ3v) is 4.51. The molecule has 0 aromatic carbocycles. The standard InChI is InChI=1S/C12H20N2O8S/c1-10-7-12(17)14(9-20-4-3-15)23(18,19)13(10)8-21-5-6-22-11(2)16/h7,15H,3-6,8-9H2,1-2H3. The summed E-state index contributed by atoms with van der Waals surface area (Å²) in [6.07, 6.45) is 1.14. The van der Waals surface area contributed by atoms with Crippen LogP contribution in [0.4, 0.5) is 0 Å². The number of carbonyl (C=O) groups excluding carboxylic acids is 2. The van der Waals surface area contributed by atoms with Gasteiger partial charge in [0.25, 0.3) is 5.91 Å². The Bertz CT molecular complexity index is 559. The van der Waals surface area contributed by atoms with E-state index in [4.69, 9.17) is 14.6 Å². The summed E-state index contributed by atoms with van der Waals surface area (Å²) in [7, 11) is -4.14. The highest BCUT2D eigenvalue weighted by atomic mass is 32.2. The van der Waals surface area contributed by atoms with Crippen molar-refractivity contribution < 1.29 is 37.3 Å². The first-order valence-corrected chi connectivity index (χ1v) is 8.12.